The van der Waals surface area contributed by atoms with Crippen LogP contribution in [-0.2, 0) is 6.54 Å². The lowest BCUT2D eigenvalue weighted by Crippen LogP contribution is -2.48. The van der Waals surface area contributed by atoms with Gasteiger partial charge < -0.3 is 10.6 Å². The maximum absolute atomic E-state index is 12.8. The van der Waals surface area contributed by atoms with Crippen LogP contribution in [0.1, 0.15) is 25.9 Å². The molecule has 1 aromatic carbocycles. The van der Waals surface area contributed by atoms with Gasteiger partial charge in [-0.2, -0.15) is 0 Å². The Balaban J connectivity index is 1.41. The summed E-state index contributed by atoms with van der Waals surface area (Å²) in [5, 5.41) is 0.887. The lowest BCUT2D eigenvalue weighted by Gasteiger charge is -2.34. The van der Waals surface area contributed by atoms with Crippen LogP contribution in [0.2, 0.25) is 0 Å². The minimum Gasteiger partial charge on any atom is -0.383 e. The first kappa shape index (κ1) is 17.9. The van der Waals surface area contributed by atoms with E-state index < -0.39 is 0 Å². The molecule has 3 aromatic rings. The molecule has 27 heavy (non-hydrogen) atoms. The van der Waals surface area contributed by atoms with Gasteiger partial charge in [-0.25, -0.2) is 9.97 Å². The monoisotopic (exact) mass is 381 g/mol. The molecule has 1 saturated heterocycles. The van der Waals surface area contributed by atoms with Crippen LogP contribution in [0.3, 0.4) is 0 Å². The van der Waals surface area contributed by atoms with Crippen LogP contribution in [0, 0.1) is 13.8 Å². The smallest absolute Gasteiger partial charge is 0.255 e. The highest BCUT2D eigenvalue weighted by Crippen LogP contribution is 2.23. The molecule has 1 fully saturated rings. The third kappa shape index (κ3) is 3.65. The largest absolute Gasteiger partial charge is 0.383 e. The second-order valence-electron chi connectivity index (χ2n) is 6.94. The second kappa shape index (κ2) is 7.25. The normalized spacial score (nSPS) is 15.4. The molecule has 4 rings (SSSR count). The minimum absolute atomic E-state index is 0.141. The van der Waals surface area contributed by atoms with Gasteiger partial charge in [-0.1, -0.05) is 12.1 Å². The number of benzene rings is 1. The van der Waals surface area contributed by atoms with Gasteiger partial charge in [0.15, 0.2) is 0 Å². The summed E-state index contributed by atoms with van der Waals surface area (Å²) in [5.41, 5.74) is 7.80. The molecule has 1 aliphatic rings. The molecule has 0 aliphatic carbocycles. The van der Waals surface area contributed by atoms with Crippen molar-refractivity contribution in [3.8, 4) is 0 Å². The summed E-state index contributed by atoms with van der Waals surface area (Å²) >= 11 is 1.68. The first-order valence-corrected chi connectivity index (χ1v) is 9.92. The Kier molecular flexibility index (Phi) is 4.80. The number of nitrogens with two attached hydrogens (primary N) is 1. The third-order valence-electron chi connectivity index (χ3n) is 4.97. The Morgan fingerprint density at radius 1 is 1.15 bits per heavy atom. The summed E-state index contributed by atoms with van der Waals surface area (Å²) in [6.07, 6.45) is 0. The number of hydrogen-bond donors (Lipinski definition) is 1. The van der Waals surface area contributed by atoms with Gasteiger partial charge in [-0.15, -0.1) is 11.3 Å². The van der Waals surface area contributed by atoms with Crippen LogP contribution in [0.15, 0.2) is 30.3 Å². The molecule has 7 heteroatoms. The van der Waals surface area contributed by atoms with Crippen molar-refractivity contribution in [1.29, 1.82) is 0 Å². The molecule has 0 saturated carbocycles. The number of carbonyl (C=O) groups is 1. The molecule has 3 heterocycles. The van der Waals surface area contributed by atoms with E-state index in [2.05, 4.69) is 14.9 Å². The predicted molar refractivity (Wildman–Crippen MR) is 109 cm³/mol. The van der Waals surface area contributed by atoms with Crippen LogP contribution >= 0.6 is 11.3 Å². The molecule has 0 radical (unpaired) electrons. The summed E-state index contributed by atoms with van der Waals surface area (Å²) in [7, 11) is 0. The van der Waals surface area contributed by atoms with E-state index in [9.17, 15) is 4.79 Å². The number of hydrogen-bond acceptors (Lipinski definition) is 6. The van der Waals surface area contributed by atoms with Crippen LogP contribution in [0.4, 0.5) is 5.82 Å². The van der Waals surface area contributed by atoms with Gasteiger partial charge >= 0.3 is 0 Å². The van der Waals surface area contributed by atoms with Crippen molar-refractivity contribution in [2.24, 2.45) is 0 Å². The van der Waals surface area contributed by atoms with Crippen LogP contribution in [-0.4, -0.2) is 51.9 Å². The molecule has 140 valence electrons. The number of anilines is 1. The van der Waals surface area contributed by atoms with E-state index in [1.165, 1.54) is 4.88 Å². The average Bonchev–Trinajstić information content (AvgIpc) is 3.00. The summed E-state index contributed by atoms with van der Waals surface area (Å²) in [6, 6.07) is 9.79. The maximum atomic E-state index is 12.8. The highest BCUT2D eigenvalue weighted by molar-refractivity contribution is 7.12. The fourth-order valence-corrected chi connectivity index (χ4v) is 4.46. The summed E-state index contributed by atoms with van der Waals surface area (Å²) < 4.78 is 0. The average molecular weight is 382 g/mol. The van der Waals surface area contributed by atoms with Crippen LogP contribution in [0.5, 0.6) is 0 Å². The molecule has 0 bridgehead atoms. The standard InChI is InChI=1S/C20H23N5OS/c1-13-11-16(14(2)27-13)20(26)25-9-7-24(8-10-25)12-18-22-17-6-4-3-5-15(17)19(21)23-18/h3-6,11H,7-10,12H2,1-2H3,(H2,21,22,23). The van der Waals surface area contributed by atoms with Crippen molar-refractivity contribution >= 4 is 34.0 Å². The minimum atomic E-state index is 0.141. The van der Waals surface area contributed by atoms with Gasteiger partial charge in [0.1, 0.15) is 11.6 Å². The number of fused-ring (bicyclic) bond motifs is 1. The van der Waals surface area contributed by atoms with Crippen LogP contribution < -0.4 is 5.73 Å². The van der Waals surface area contributed by atoms with E-state index in [1.54, 1.807) is 11.3 Å². The Labute approximate surface area is 162 Å². The third-order valence-corrected chi connectivity index (χ3v) is 5.94. The number of nitrogens with zero attached hydrogens (tertiary/aromatic N) is 4. The number of nitrogen functional groups attached to an aromatic ring is 1. The SMILES string of the molecule is Cc1cc(C(=O)N2CCN(Cc3nc(N)c4ccccc4n3)CC2)c(C)s1. The van der Waals surface area contributed by atoms with Crippen molar-refractivity contribution < 1.29 is 4.79 Å². The molecule has 1 amide bonds. The maximum Gasteiger partial charge on any atom is 0.255 e. The van der Waals surface area contributed by atoms with E-state index in [0.29, 0.717) is 12.4 Å². The molecule has 0 unspecified atom stereocenters. The first-order valence-electron chi connectivity index (χ1n) is 9.11. The molecular weight excluding hydrogens is 358 g/mol. The Morgan fingerprint density at radius 2 is 1.89 bits per heavy atom. The molecule has 2 aromatic heterocycles. The van der Waals surface area contributed by atoms with Crippen molar-refractivity contribution in [2.75, 3.05) is 31.9 Å². The number of rotatable bonds is 3. The fourth-order valence-electron chi connectivity index (χ4n) is 3.54. The highest BCUT2D eigenvalue weighted by atomic mass is 32.1. The van der Waals surface area contributed by atoms with E-state index in [0.717, 1.165) is 53.3 Å². The van der Waals surface area contributed by atoms with Crippen LogP contribution in [0.25, 0.3) is 10.9 Å². The summed E-state index contributed by atoms with van der Waals surface area (Å²) in [4.78, 5) is 28.4. The molecule has 0 atom stereocenters. The number of para-hydroxylation sites is 1. The number of piperazine rings is 1. The van der Waals surface area contributed by atoms with Crippen molar-refractivity contribution in [3.63, 3.8) is 0 Å². The zero-order chi connectivity index (χ0) is 19.0. The van der Waals surface area contributed by atoms with Gasteiger partial charge in [-0.3, -0.25) is 9.69 Å². The Morgan fingerprint density at radius 3 is 2.59 bits per heavy atom. The predicted octanol–water partition coefficient (Wildman–Crippen LogP) is 2.85. The molecule has 6 nitrogen and oxygen atoms in total. The fraction of sp³-hybridized carbons (Fsp3) is 0.350. The van der Waals surface area contributed by atoms with E-state index >= 15 is 0 Å². The van der Waals surface area contributed by atoms with E-state index in [-0.39, 0.29) is 5.91 Å². The number of thiophene rings is 1. The molecule has 1 aliphatic heterocycles. The molecule has 0 spiro atoms. The number of amides is 1. The van der Waals surface area contributed by atoms with Gasteiger partial charge in [0, 0.05) is 41.3 Å². The quantitative estimate of drug-likeness (QED) is 0.755. The van der Waals surface area contributed by atoms with Crippen molar-refractivity contribution in [2.45, 2.75) is 20.4 Å². The summed E-state index contributed by atoms with van der Waals surface area (Å²) in [6.45, 7) is 7.76. The van der Waals surface area contributed by atoms with Gasteiger partial charge in [0.2, 0.25) is 0 Å². The van der Waals surface area contributed by atoms with E-state index in [4.69, 9.17) is 5.73 Å². The summed E-state index contributed by atoms with van der Waals surface area (Å²) in [5.74, 6) is 1.39. The second-order valence-corrected chi connectivity index (χ2v) is 8.40. The van der Waals surface area contributed by atoms with Gasteiger partial charge in [0.25, 0.3) is 5.91 Å². The van der Waals surface area contributed by atoms with Crippen molar-refractivity contribution in [3.05, 3.63) is 51.5 Å². The molecular formula is C20H23N5OS. The van der Waals surface area contributed by atoms with E-state index in [1.807, 2.05) is 49.1 Å². The first-order chi connectivity index (χ1) is 13.0. The molecule has 2 N–H and O–H groups in total. The zero-order valence-corrected chi connectivity index (χ0v) is 16.4. The van der Waals surface area contributed by atoms with Gasteiger partial charge in [0.05, 0.1) is 17.6 Å². The Hall–Kier alpha value is -2.51. The van der Waals surface area contributed by atoms with Gasteiger partial charge in [-0.05, 0) is 32.0 Å². The lowest BCUT2D eigenvalue weighted by molar-refractivity contribution is 0.0625. The van der Waals surface area contributed by atoms with Crippen molar-refractivity contribution in [1.82, 2.24) is 19.8 Å². The highest BCUT2D eigenvalue weighted by Gasteiger charge is 2.24. The lowest BCUT2D eigenvalue weighted by atomic mass is 10.2. The topological polar surface area (TPSA) is 75.4 Å². The number of carbonyl (C=O) groups excluding carboxylic acids is 1. The zero-order valence-electron chi connectivity index (χ0n) is 15.6. The number of aromatic nitrogens is 2. The Bertz CT molecular complexity index is 991. The number of aryl methyl sites for hydroxylation is 2.